The molecule has 2 N–H and O–H groups in total. The van der Waals surface area contributed by atoms with Gasteiger partial charge in [-0.25, -0.2) is 12.8 Å². The molecule has 0 radical (unpaired) electrons. The molecule has 2 rings (SSSR count). The number of sulfonamides is 1. The number of carbonyl (C=O) groups excluding carboxylic acids is 1. The summed E-state index contributed by atoms with van der Waals surface area (Å²) in [5, 5.41) is 3.26. The zero-order chi connectivity index (χ0) is 15.6. The molecule has 9 heteroatoms. The van der Waals surface area contributed by atoms with Gasteiger partial charge in [-0.05, 0) is 19.8 Å². The van der Waals surface area contributed by atoms with Crippen LogP contribution in [0.25, 0.3) is 0 Å². The van der Waals surface area contributed by atoms with Crippen molar-refractivity contribution in [1.29, 1.82) is 0 Å². The van der Waals surface area contributed by atoms with Gasteiger partial charge in [0.15, 0.2) is 11.5 Å². The summed E-state index contributed by atoms with van der Waals surface area (Å²) in [6.45, 7) is 1.43. The Kier molecular flexibility index (Phi) is 4.62. The van der Waals surface area contributed by atoms with Crippen molar-refractivity contribution >= 4 is 15.9 Å². The maximum Gasteiger partial charge on any atom is 0.287 e. The monoisotopic (exact) mass is 322 g/mol. The number of nitrogens with one attached hydrogen (secondary N) is 2. The van der Waals surface area contributed by atoms with Crippen molar-refractivity contribution in [2.75, 3.05) is 0 Å². The van der Waals surface area contributed by atoms with Crippen LogP contribution in [0.2, 0.25) is 0 Å². The number of hydrogen-bond donors (Lipinski definition) is 2. The lowest BCUT2D eigenvalue weighted by Gasteiger charge is -2.22. The first-order valence-electron chi connectivity index (χ1n) is 6.83. The average Bonchev–Trinajstić information content (AvgIpc) is 2.71. The smallest absolute Gasteiger partial charge is 0.272 e. The molecule has 0 aromatic carbocycles. The van der Waals surface area contributed by atoms with Gasteiger partial charge in [-0.1, -0.05) is 19.3 Å². The largest absolute Gasteiger partial charge is 0.287 e. The summed E-state index contributed by atoms with van der Waals surface area (Å²) >= 11 is 0. The van der Waals surface area contributed by atoms with Gasteiger partial charge in [0.25, 0.3) is 5.91 Å². The van der Waals surface area contributed by atoms with Gasteiger partial charge >= 0.3 is 0 Å². The first-order chi connectivity index (χ1) is 9.83. The van der Waals surface area contributed by atoms with Gasteiger partial charge in [-0.3, -0.25) is 14.9 Å². The number of aryl methyl sites for hydroxylation is 2. The number of hydrazine groups is 1. The maximum absolute atomic E-state index is 13.7. The van der Waals surface area contributed by atoms with E-state index in [-0.39, 0.29) is 14.2 Å². The highest BCUT2D eigenvalue weighted by Crippen LogP contribution is 2.22. The Morgan fingerprint density at radius 2 is 2.00 bits per heavy atom. The predicted molar refractivity (Wildman–Crippen MR) is 78.5 cm³/mol. The van der Waals surface area contributed by atoms with Crippen molar-refractivity contribution in [3.8, 4) is 0 Å². The van der Waals surface area contributed by atoms with Crippen molar-refractivity contribution in [2.45, 2.75) is 44.3 Å². The van der Waals surface area contributed by atoms with Gasteiger partial charge in [0.2, 0.25) is 10.0 Å². The van der Waals surface area contributed by atoms with Crippen LogP contribution in [0.1, 0.15) is 51.1 Å². The minimum atomic E-state index is -3.64. The number of nitrogens with zero attached hydrogens (tertiary/aromatic N) is 2. The van der Waals surface area contributed by atoms with Crippen LogP contribution < -0.4 is 10.3 Å². The minimum Gasteiger partial charge on any atom is -0.272 e. The van der Waals surface area contributed by atoms with E-state index in [2.05, 4.69) is 15.4 Å². The van der Waals surface area contributed by atoms with Crippen LogP contribution in [0, 0.1) is 12.7 Å². The van der Waals surface area contributed by atoms with Gasteiger partial charge in [-0.15, -0.1) is 4.83 Å². The highest BCUT2D eigenvalue weighted by molar-refractivity contribution is 7.90. The fourth-order valence-electron chi connectivity index (χ4n) is 2.51. The molecule has 1 saturated carbocycles. The molecule has 1 amide bonds. The van der Waals surface area contributed by atoms with Crippen LogP contribution in [0.15, 0.2) is 0 Å². The Morgan fingerprint density at radius 3 is 2.52 bits per heavy atom. The molecule has 0 atom stereocenters. The zero-order valence-corrected chi connectivity index (χ0v) is 12.8. The van der Waals surface area contributed by atoms with Gasteiger partial charge in [-0.2, -0.15) is 5.10 Å². The highest BCUT2D eigenvalue weighted by atomic mass is 32.2. The third kappa shape index (κ3) is 3.41. The van der Waals surface area contributed by atoms with Gasteiger partial charge < -0.3 is 0 Å². The molecular weight excluding hydrogens is 299 g/mol. The molecule has 0 unspecified atom stereocenters. The standard InChI is InChI=1S/C12H19FN4O3S.2H2/c1-8-10(13)11(17(2)15-8)12(18)14-16-21(19,20)9-6-4-3-5-7-9;;/h9,16H,3-7H2,1-2H3,(H,14,18);2*1H. The molecule has 0 bridgehead atoms. The van der Waals surface area contributed by atoms with Crippen molar-refractivity contribution in [3.63, 3.8) is 0 Å². The average molecular weight is 322 g/mol. The summed E-state index contributed by atoms with van der Waals surface area (Å²) in [6, 6.07) is 0. The number of aromatic nitrogens is 2. The predicted octanol–water partition coefficient (Wildman–Crippen LogP) is 1.26. The molecule has 0 saturated heterocycles. The maximum atomic E-state index is 13.7. The van der Waals surface area contributed by atoms with Crippen molar-refractivity contribution in [3.05, 3.63) is 17.2 Å². The van der Waals surface area contributed by atoms with Crippen LogP contribution in [-0.2, 0) is 17.1 Å². The lowest BCUT2D eigenvalue weighted by atomic mass is 10.0. The highest BCUT2D eigenvalue weighted by Gasteiger charge is 2.28. The van der Waals surface area contributed by atoms with Crippen molar-refractivity contribution < 1.29 is 20.5 Å². The third-order valence-corrected chi connectivity index (χ3v) is 5.40. The molecule has 7 nitrogen and oxygen atoms in total. The summed E-state index contributed by atoms with van der Waals surface area (Å²) in [6.07, 6.45) is 3.89. The number of hydrogen-bond acceptors (Lipinski definition) is 4. The van der Waals surface area contributed by atoms with E-state index in [1.807, 2.05) is 0 Å². The van der Waals surface area contributed by atoms with Crippen LogP contribution in [-0.4, -0.2) is 29.4 Å². The van der Waals surface area contributed by atoms with E-state index in [0.717, 1.165) is 23.9 Å². The topological polar surface area (TPSA) is 93.1 Å². The SMILES string of the molecule is Cc1nn(C)c(C(=O)NNS(=O)(=O)C2CCCCC2)c1F.[HH].[HH]. The third-order valence-electron chi connectivity index (χ3n) is 3.66. The number of carbonyl (C=O) groups is 1. The molecule has 1 aliphatic carbocycles. The van der Waals surface area contributed by atoms with E-state index in [0.29, 0.717) is 12.8 Å². The van der Waals surface area contributed by atoms with Crippen LogP contribution >= 0.6 is 0 Å². The van der Waals surface area contributed by atoms with Crippen molar-refractivity contribution in [2.24, 2.45) is 7.05 Å². The zero-order valence-electron chi connectivity index (χ0n) is 12.0. The first-order valence-corrected chi connectivity index (χ1v) is 8.37. The van der Waals surface area contributed by atoms with E-state index in [9.17, 15) is 17.6 Å². The van der Waals surface area contributed by atoms with Gasteiger partial charge in [0.1, 0.15) is 0 Å². The van der Waals surface area contributed by atoms with E-state index in [1.165, 1.54) is 14.0 Å². The fraction of sp³-hybridized carbons (Fsp3) is 0.667. The summed E-state index contributed by atoms with van der Waals surface area (Å²) in [7, 11) is -2.22. The Labute approximate surface area is 125 Å². The van der Waals surface area contributed by atoms with E-state index in [1.54, 1.807) is 0 Å². The van der Waals surface area contributed by atoms with Gasteiger partial charge in [0, 0.05) is 9.90 Å². The number of rotatable bonds is 4. The summed E-state index contributed by atoms with van der Waals surface area (Å²) in [5.41, 5.74) is 1.83. The summed E-state index contributed by atoms with van der Waals surface area (Å²) in [4.78, 5) is 13.9. The lowest BCUT2D eigenvalue weighted by Crippen LogP contribution is -2.47. The van der Waals surface area contributed by atoms with Crippen LogP contribution in [0.5, 0.6) is 0 Å². The molecule has 1 aromatic rings. The van der Waals surface area contributed by atoms with Crippen LogP contribution in [0.3, 0.4) is 0 Å². The molecule has 1 aromatic heterocycles. The second-order valence-electron chi connectivity index (χ2n) is 5.23. The Hall–Kier alpha value is -1.48. The van der Waals surface area contributed by atoms with Gasteiger partial charge in [0.05, 0.1) is 10.9 Å². The lowest BCUT2D eigenvalue weighted by molar-refractivity contribution is 0.0931. The molecule has 1 aliphatic rings. The Bertz CT molecular complexity index is 645. The van der Waals surface area contributed by atoms with E-state index >= 15 is 0 Å². The molecule has 1 heterocycles. The molecular formula is C12H23FN4O3S. The molecule has 0 aliphatic heterocycles. The van der Waals surface area contributed by atoms with Crippen LogP contribution in [0.4, 0.5) is 4.39 Å². The number of halogens is 1. The molecule has 1 fully saturated rings. The fourth-order valence-corrected chi connectivity index (χ4v) is 3.87. The number of amides is 1. The summed E-state index contributed by atoms with van der Waals surface area (Å²) in [5.74, 6) is -1.62. The summed E-state index contributed by atoms with van der Waals surface area (Å²) < 4.78 is 38.9. The quantitative estimate of drug-likeness (QED) is 0.816. The van der Waals surface area contributed by atoms with Crippen molar-refractivity contribution in [1.82, 2.24) is 20.0 Å². The molecule has 21 heavy (non-hydrogen) atoms. The van der Waals surface area contributed by atoms with E-state index in [4.69, 9.17) is 0 Å². The second kappa shape index (κ2) is 6.10. The first kappa shape index (κ1) is 15.9. The Morgan fingerprint density at radius 1 is 1.38 bits per heavy atom. The Balaban J connectivity index is 0.00000242. The molecule has 122 valence electrons. The second-order valence-corrected chi connectivity index (χ2v) is 7.19. The normalized spacial score (nSPS) is 16.9. The van der Waals surface area contributed by atoms with E-state index < -0.39 is 27.0 Å². The minimum absolute atomic E-state index is 0. The molecule has 0 spiro atoms.